The first-order valence-corrected chi connectivity index (χ1v) is 0. The topological polar surface area (TPSA) is 218 Å². The smallest absolute Gasteiger partial charge is 1.00 e. The standard InChI is InChI=1S/ClH.Cr.2K.7H2O/h1H;;;;7*1H2/q;;2*+1;;;;;;;/p-3. The van der Waals surface area contributed by atoms with Crippen LogP contribution in [0.1, 0.15) is 0 Å². The van der Waals surface area contributed by atoms with Gasteiger partial charge in [-0.3, -0.25) is 0 Å². The Balaban J connectivity index is 0. The summed E-state index contributed by atoms with van der Waals surface area (Å²) in [5, 5.41) is 0. The van der Waals surface area contributed by atoms with Crippen LogP contribution in [-0.2, 0) is 17.4 Å². The first kappa shape index (κ1) is 194. The molecule has 0 rings (SSSR count). The zero-order valence-electron chi connectivity index (χ0n) is 6.18. The molecule has 0 atom stereocenters. The summed E-state index contributed by atoms with van der Waals surface area (Å²) in [6.45, 7) is 0. The first-order chi connectivity index (χ1) is 0. The van der Waals surface area contributed by atoms with E-state index < -0.39 is 0 Å². The summed E-state index contributed by atoms with van der Waals surface area (Å²) in [7, 11) is 0. The zero-order chi connectivity index (χ0) is 0. The van der Waals surface area contributed by atoms with Crippen molar-refractivity contribution in [3.8, 4) is 0 Å². The van der Waals surface area contributed by atoms with Crippen molar-refractivity contribution in [1.29, 1.82) is 0 Å². The number of halogens is 1. The summed E-state index contributed by atoms with van der Waals surface area (Å²) in [5.41, 5.74) is 0. The van der Waals surface area contributed by atoms with E-state index in [2.05, 4.69) is 0 Å². The molecule has 7 nitrogen and oxygen atoms in total. The summed E-state index contributed by atoms with van der Waals surface area (Å²) in [4.78, 5) is 0. The zero-order valence-corrected chi connectivity index (χ0v) is 14.5. The third-order valence-corrected chi connectivity index (χ3v) is 0. The van der Waals surface area contributed by atoms with Gasteiger partial charge in [-0.2, -0.15) is 0 Å². The average molecular weight is 290 g/mol. The van der Waals surface area contributed by atoms with Crippen molar-refractivity contribution in [2.75, 3.05) is 0 Å². The predicted octanol–water partition coefficient (Wildman–Crippen LogP) is -13.5. The van der Waals surface area contributed by atoms with Crippen LogP contribution < -0.4 is 115 Å². The van der Waals surface area contributed by atoms with Crippen molar-refractivity contribution in [1.82, 2.24) is 0 Å². The molecule has 0 amide bonds. The van der Waals surface area contributed by atoms with E-state index in [9.17, 15) is 0 Å². The average Bonchev–Trinajstić information content (AvgIpc) is 0. The Morgan fingerprint density at radius 3 is 0.455 bits per heavy atom. The van der Waals surface area contributed by atoms with Crippen LogP contribution in [0.15, 0.2) is 0 Å². The number of hydrogen-bond donors (Lipinski definition) is 0. The molecule has 0 spiro atoms. The second-order valence-corrected chi connectivity index (χ2v) is 0. The van der Waals surface area contributed by atoms with Gasteiger partial charge >= 0.3 is 103 Å². The minimum absolute atomic E-state index is 0. The van der Waals surface area contributed by atoms with Gasteiger partial charge in [0.2, 0.25) is 0 Å². The fraction of sp³-hybridized carbons (Fsp3) is 0. The van der Waals surface area contributed by atoms with Gasteiger partial charge in [0.15, 0.2) is 0 Å². The molecule has 0 fully saturated rings. The summed E-state index contributed by atoms with van der Waals surface area (Å²) < 4.78 is 0. The van der Waals surface area contributed by atoms with Crippen LogP contribution in [0, 0.1) is 0 Å². The molecule has 11 heteroatoms. The van der Waals surface area contributed by atoms with E-state index in [-0.39, 0.29) is 171 Å². The van der Waals surface area contributed by atoms with Crippen LogP contribution in [0.4, 0.5) is 0 Å². The van der Waals surface area contributed by atoms with Crippen LogP contribution >= 0.6 is 0 Å². The molecular weight excluding hydrogens is 278 g/mol. The van der Waals surface area contributed by atoms with Crippen molar-refractivity contribution < 1.29 is 171 Å². The monoisotopic (exact) mass is 289 g/mol. The molecule has 0 unspecified atom stereocenters. The Kier molecular flexibility index (Phi) is 2750. The largest absolute Gasteiger partial charge is 1.00 e. The van der Waals surface area contributed by atoms with Crippen LogP contribution in [0.2, 0.25) is 0 Å². The maximum atomic E-state index is 0. The molecule has 0 saturated carbocycles. The molecule has 0 radical (unpaired) electrons. The molecule has 0 aliphatic carbocycles. The van der Waals surface area contributed by atoms with E-state index in [0.29, 0.717) is 0 Å². The van der Waals surface area contributed by atoms with E-state index in [4.69, 9.17) is 0 Å². The maximum absolute atomic E-state index is 0. The predicted molar refractivity (Wildman–Crippen MR) is 21.9 cm³/mol. The molecule has 0 aliphatic heterocycles. The quantitative estimate of drug-likeness (QED) is 0.396. The molecular formula is H12ClCrK2O7-. The van der Waals surface area contributed by atoms with Crippen LogP contribution in [0.25, 0.3) is 0 Å². The summed E-state index contributed by atoms with van der Waals surface area (Å²) >= 11 is 0. The number of rotatable bonds is 0. The Labute approximate surface area is 167 Å². The number of hydrogen-bond acceptors (Lipinski definition) is 2. The van der Waals surface area contributed by atoms with Crippen LogP contribution in [0.3, 0.4) is 0 Å². The molecule has 0 heterocycles. The molecule has 0 bridgehead atoms. The van der Waals surface area contributed by atoms with Gasteiger partial charge < -0.3 is 50.7 Å². The van der Waals surface area contributed by atoms with Gasteiger partial charge in [-0.25, -0.2) is 0 Å². The van der Waals surface area contributed by atoms with Crippen LogP contribution in [0.5, 0.6) is 0 Å². The van der Waals surface area contributed by atoms with Gasteiger partial charge in [0, 0.05) is 17.4 Å². The molecule has 0 aromatic rings. The maximum Gasteiger partial charge on any atom is 1.00 e. The summed E-state index contributed by atoms with van der Waals surface area (Å²) in [5.74, 6) is 0. The minimum Gasteiger partial charge on any atom is -1.00 e. The third-order valence-electron chi connectivity index (χ3n) is 0. The van der Waals surface area contributed by atoms with Gasteiger partial charge in [0.25, 0.3) is 0 Å². The van der Waals surface area contributed by atoms with Crippen molar-refractivity contribution in [2.45, 2.75) is 0 Å². The van der Waals surface area contributed by atoms with E-state index in [1.54, 1.807) is 0 Å². The summed E-state index contributed by atoms with van der Waals surface area (Å²) in [6, 6.07) is 0. The molecule has 12 N–H and O–H groups in total. The summed E-state index contributed by atoms with van der Waals surface area (Å²) in [6.07, 6.45) is 0. The molecule has 70 valence electrons. The molecule has 0 aliphatic rings. The Morgan fingerprint density at radius 2 is 0.455 bits per heavy atom. The fourth-order valence-corrected chi connectivity index (χ4v) is 0. The van der Waals surface area contributed by atoms with Gasteiger partial charge in [0.1, 0.15) is 0 Å². The third kappa shape index (κ3) is 132. The fourth-order valence-electron chi connectivity index (χ4n) is 0. The normalized spacial score (nSPS) is 0. The molecule has 0 aromatic heterocycles. The second kappa shape index (κ2) is 156. The van der Waals surface area contributed by atoms with E-state index in [1.807, 2.05) is 0 Å². The van der Waals surface area contributed by atoms with Crippen molar-refractivity contribution in [3.63, 3.8) is 0 Å². The van der Waals surface area contributed by atoms with E-state index in [1.165, 1.54) is 0 Å². The Bertz CT molecular complexity index is 16.4. The molecule has 11 heavy (non-hydrogen) atoms. The second-order valence-electron chi connectivity index (χ2n) is 0. The van der Waals surface area contributed by atoms with Gasteiger partial charge in [-0.15, -0.1) is 0 Å². The van der Waals surface area contributed by atoms with Gasteiger partial charge in [0.05, 0.1) is 0 Å². The van der Waals surface area contributed by atoms with Crippen molar-refractivity contribution in [2.24, 2.45) is 0 Å². The van der Waals surface area contributed by atoms with Crippen molar-refractivity contribution in [3.05, 3.63) is 0 Å². The van der Waals surface area contributed by atoms with Crippen molar-refractivity contribution >= 4 is 0 Å². The Morgan fingerprint density at radius 1 is 0.455 bits per heavy atom. The molecule has 0 saturated heterocycles. The minimum atomic E-state index is 0. The van der Waals surface area contributed by atoms with Gasteiger partial charge in [-0.1, -0.05) is 0 Å². The SMILES string of the molecule is O.O.O.O.O.[Cl-].[Cr].[K+].[K+].[OH-].[OH-]. The first-order valence-electron chi connectivity index (χ1n) is 0. The molecule has 0 aromatic carbocycles. The van der Waals surface area contributed by atoms with E-state index >= 15 is 0 Å². The Hall–Kier alpha value is 3.82. The van der Waals surface area contributed by atoms with Gasteiger partial charge in [-0.05, 0) is 0 Å². The van der Waals surface area contributed by atoms with Crippen LogP contribution in [-0.4, -0.2) is 38.3 Å². The van der Waals surface area contributed by atoms with E-state index in [0.717, 1.165) is 0 Å².